The van der Waals surface area contributed by atoms with Crippen LogP contribution in [0.1, 0.15) is 18.9 Å². The van der Waals surface area contributed by atoms with E-state index in [1.807, 2.05) is 6.92 Å². The molecule has 1 rings (SSSR count). The molecule has 0 radical (unpaired) electrons. The first-order valence-electron chi connectivity index (χ1n) is 4.87. The maximum Gasteiger partial charge on any atom is 0.162 e. The summed E-state index contributed by atoms with van der Waals surface area (Å²) in [5, 5.41) is 0. The fourth-order valence-corrected chi connectivity index (χ4v) is 2.24. The summed E-state index contributed by atoms with van der Waals surface area (Å²) in [6.45, 7) is 1.93. The van der Waals surface area contributed by atoms with Crippen molar-refractivity contribution in [2.24, 2.45) is 5.73 Å². The third kappa shape index (κ3) is 4.18. The van der Waals surface area contributed by atoms with Gasteiger partial charge in [0.05, 0.1) is 0 Å². The summed E-state index contributed by atoms with van der Waals surface area (Å²) >= 11 is 1.57. The molecule has 0 aromatic heterocycles. The maximum absolute atomic E-state index is 13.2. The first kappa shape index (κ1) is 12.5. The van der Waals surface area contributed by atoms with Crippen molar-refractivity contribution in [3.8, 4) is 0 Å². The van der Waals surface area contributed by atoms with Gasteiger partial charge in [-0.2, -0.15) is 11.8 Å². The molecule has 1 unspecified atom stereocenters. The highest BCUT2D eigenvalue weighted by molar-refractivity contribution is 7.98. The molecular weight excluding hydrogens is 216 g/mol. The van der Waals surface area contributed by atoms with Gasteiger partial charge in [0.25, 0.3) is 0 Å². The van der Waals surface area contributed by atoms with Crippen molar-refractivity contribution in [3.05, 3.63) is 35.4 Å². The van der Waals surface area contributed by atoms with E-state index in [0.29, 0.717) is 11.3 Å². The minimum atomic E-state index is -0.778. The van der Waals surface area contributed by atoms with Crippen molar-refractivity contribution >= 4 is 11.8 Å². The second-order valence-corrected chi connectivity index (χ2v) is 4.64. The number of hydrogen-bond acceptors (Lipinski definition) is 2. The molecule has 1 nitrogen and oxygen atoms in total. The molecule has 0 saturated heterocycles. The molecule has 0 aliphatic rings. The van der Waals surface area contributed by atoms with E-state index in [9.17, 15) is 8.78 Å². The van der Waals surface area contributed by atoms with Crippen LogP contribution in [-0.4, -0.2) is 11.8 Å². The van der Waals surface area contributed by atoms with E-state index in [2.05, 4.69) is 0 Å². The van der Waals surface area contributed by atoms with E-state index in [0.717, 1.165) is 18.2 Å². The Morgan fingerprint density at radius 1 is 1.40 bits per heavy atom. The zero-order valence-electron chi connectivity index (χ0n) is 8.67. The van der Waals surface area contributed by atoms with E-state index in [-0.39, 0.29) is 6.04 Å². The topological polar surface area (TPSA) is 26.0 Å². The third-order valence-corrected chi connectivity index (χ3v) is 3.05. The monoisotopic (exact) mass is 231 g/mol. The number of thioether (sulfide) groups is 1. The van der Waals surface area contributed by atoms with Crippen LogP contribution in [-0.2, 0) is 5.75 Å². The smallest absolute Gasteiger partial charge is 0.162 e. The van der Waals surface area contributed by atoms with Gasteiger partial charge in [0.2, 0.25) is 0 Å². The van der Waals surface area contributed by atoms with E-state index in [1.165, 1.54) is 6.07 Å². The quantitative estimate of drug-likeness (QED) is 0.788. The molecule has 0 aliphatic carbocycles. The summed E-state index contributed by atoms with van der Waals surface area (Å²) in [4.78, 5) is 0. The zero-order chi connectivity index (χ0) is 11.3. The molecule has 84 valence electrons. The number of nitrogens with two attached hydrogens (primary N) is 1. The van der Waals surface area contributed by atoms with Gasteiger partial charge in [0.15, 0.2) is 11.6 Å². The highest BCUT2D eigenvalue weighted by Gasteiger charge is 2.07. The molecule has 1 aromatic carbocycles. The van der Waals surface area contributed by atoms with E-state index in [4.69, 9.17) is 5.73 Å². The second-order valence-electron chi connectivity index (χ2n) is 3.53. The minimum absolute atomic E-state index is 0.162. The summed E-state index contributed by atoms with van der Waals surface area (Å²) in [6, 6.07) is 4.43. The summed E-state index contributed by atoms with van der Waals surface area (Å²) in [5.41, 5.74) is 6.00. The highest BCUT2D eigenvalue weighted by atomic mass is 32.2. The largest absolute Gasteiger partial charge is 0.328 e. The Balaban J connectivity index is 2.41. The SMILES string of the molecule is CC(N)CCSCc1cccc(F)c1F. The first-order chi connectivity index (χ1) is 7.11. The van der Waals surface area contributed by atoms with Crippen LogP contribution in [0, 0.1) is 11.6 Å². The molecule has 0 spiro atoms. The average molecular weight is 231 g/mol. The number of rotatable bonds is 5. The predicted octanol–water partition coefficient (Wildman–Crippen LogP) is 2.94. The van der Waals surface area contributed by atoms with Crippen LogP contribution >= 0.6 is 11.8 Å². The predicted molar refractivity (Wildman–Crippen MR) is 60.8 cm³/mol. The number of benzene rings is 1. The molecule has 0 amide bonds. The van der Waals surface area contributed by atoms with Crippen LogP contribution in [0.3, 0.4) is 0 Å². The van der Waals surface area contributed by atoms with Gasteiger partial charge < -0.3 is 5.73 Å². The third-order valence-electron chi connectivity index (χ3n) is 2.01. The molecule has 1 aromatic rings. The van der Waals surface area contributed by atoms with Crippen LogP contribution in [0.4, 0.5) is 8.78 Å². The van der Waals surface area contributed by atoms with Gasteiger partial charge in [0, 0.05) is 17.4 Å². The summed E-state index contributed by atoms with van der Waals surface area (Å²) < 4.78 is 26.0. The molecule has 15 heavy (non-hydrogen) atoms. The Morgan fingerprint density at radius 2 is 2.13 bits per heavy atom. The molecule has 0 heterocycles. The van der Waals surface area contributed by atoms with Crippen molar-refractivity contribution in [1.82, 2.24) is 0 Å². The lowest BCUT2D eigenvalue weighted by Crippen LogP contribution is -2.15. The van der Waals surface area contributed by atoms with Gasteiger partial charge in [-0.1, -0.05) is 12.1 Å². The number of halogens is 2. The summed E-state index contributed by atoms with van der Waals surface area (Å²) in [7, 11) is 0. The fourth-order valence-electron chi connectivity index (χ4n) is 1.11. The Labute approximate surface area is 93.1 Å². The number of hydrogen-bond donors (Lipinski definition) is 1. The van der Waals surface area contributed by atoms with Crippen molar-refractivity contribution in [2.75, 3.05) is 5.75 Å². The lowest BCUT2D eigenvalue weighted by atomic mass is 10.2. The van der Waals surface area contributed by atoms with E-state index in [1.54, 1.807) is 17.8 Å². The molecule has 0 aliphatic heterocycles. The van der Waals surface area contributed by atoms with Crippen molar-refractivity contribution in [2.45, 2.75) is 25.1 Å². The van der Waals surface area contributed by atoms with Crippen LogP contribution in [0.2, 0.25) is 0 Å². The lowest BCUT2D eigenvalue weighted by Gasteiger charge is -2.05. The van der Waals surface area contributed by atoms with Crippen molar-refractivity contribution in [3.63, 3.8) is 0 Å². The van der Waals surface area contributed by atoms with Gasteiger partial charge in [-0.25, -0.2) is 8.78 Å². The Hall–Kier alpha value is -0.610. The van der Waals surface area contributed by atoms with E-state index >= 15 is 0 Å². The maximum atomic E-state index is 13.2. The van der Waals surface area contributed by atoms with Crippen molar-refractivity contribution in [1.29, 1.82) is 0 Å². The van der Waals surface area contributed by atoms with Crippen LogP contribution in [0.25, 0.3) is 0 Å². The lowest BCUT2D eigenvalue weighted by molar-refractivity contribution is 0.502. The van der Waals surface area contributed by atoms with Gasteiger partial charge in [-0.05, 0) is 25.2 Å². The second kappa shape index (κ2) is 6.08. The Kier molecular flexibility index (Phi) is 5.05. The molecule has 4 heteroatoms. The molecule has 0 saturated carbocycles. The van der Waals surface area contributed by atoms with Gasteiger partial charge in [-0.15, -0.1) is 0 Å². The molecule has 0 fully saturated rings. The Morgan fingerprint density at radius 3 is 2.80 bits per heavy atom. The Bertz CT molecular complexity index is 315. The first-order valence-corrected chi connectivity index (χ1v) is 6.03. The van der Waals surface area contributed by atoms with Crippen LogP contribution in [0.15, 0.2) is 18.2 Å². The summed E-state index contributed by atoms with van der Waals surface area (Å²) in [5.74, 6) is -0.143. The average Bonchev–Trinajstić information content (AvgIpc) is 2.18. The molecular formula is C11H15F2NS. The molecule has 1 atom stereocenters. The van der Waals surface area contributed by atoms with Crippen LogP contribution < -0.4 is 5.73 Å². The van der Waals surface area contributed by atoms with Gasteiger partial charge in [0.1, 0.15) is 0 Å². The van der Waals surface area contributed by atoms with Crippen LogP contribution in [0.5, 0.6) is 0 Å². The van der Waals surface area contributed by atoms with Gasteiger partial charge >= 0.3 is 0 Å². The van der Waals surface area contributed by atoms with E-state index < -0.39 is 11.6 Å². The molecule has 0 bridgehead atoms. The fraction of sp³-hybridized carbons (Fsp3) is 0.455. The summed E-state index contributed by atoms with van der Waals surface area (Å²) in [6.07, 6.45) is 0.890. The zero-order valence-corrected chi connectivity index (χ0v) is 9.49. The molecule has 2 N–H and O–H groups in total. The minimum Gasteiger partial charge on any atom is -0.328 e. The van der Waals surface area contributed by atoms with Crippen molar-refractivity contribution < 1.29 is 8.78 Å². The standard InChI is InChI=1S/C11H15F2NS/c1-8(14)5-6-15-7-9-3-2-4-10(12)11(9)13/h2-4,8H,5-7,14H2,1H3. The normalized spacial score (nSPS) is 12.8. The highest BCUT2D eigenvalue weighted by Crippen LogP contribution is 2.18. The van der Waals surface area contributed by atoms with Gasteiger partial charge in [-0.3, -0.25) is 0 Å².